The summed E-state index contributed by atoms with van der Waals surface area (Å²) >= 11 is 0. The second kappa shape index (κ2) is 6.21. The van der Waals surface area contributed by atoms with Gasteiger partial charge in [-0.25, -0.2) is 9.97 Å². The number of rotatable bonds is 6. The summed E-state index contributed by atoms with van der Waals surface area (Å²) in [6, 6.07) is 0. The summed E-state index contributed by atoms with van der Waals surface area (Å²) < 4.78 is 0. The van der Waals surface area contributed by atoms with Gasteiger partial charge in [-0.15, -0.1) is 0 Å². The minimum Gasteiger partial charge on any atom is -0.312 e. The highest BCUT2D eigenvalue weighted by Crippen LogP contribution is 2.31. The first-order chi connectivity index (χ1) is 9.35. The largest absolute Gasteiger partial charge is 0.312 e. The summed E-state index contributed by atoms with van der Waals surface area (Å²) in [4.78, 5) is 9.42. The molecule has 2 rings (SSSR count). The molecule has 0 atom stereocenters. The number of hydrogen-bond acceptors (Lipinski definition) is 3. The lowest BCUT2D eigenvalue weighted by Crippen LogP contribution is -2.36. The topological polar surface area (TPSA) is 37.8 Å². The van der Waals surface area contributed by atoms with Crippen LogP contribution >= 0.6 is 0 Å². The lowest BCUT2D eigenvalue weighted by molar-refractivity contribution is 0.422. The molecule has 1 aromatic rings. The Labute approximate surface area is 123 Å². The fourth-order valence-electron chi connectivity index (χ4n) is 2.57. The maximum Gasteiger partial charge on any atom is 0.129 e. The van der Waals surface area contributed by atoms with Crippen LogP contribution in [0.15, 0.2) is 0 Å². The van der Waals surface area contributed by atoms with Crippen LogP contribution in [-0.4, -0.2) is 22.1 Å². The van der Waals surface area contributed by atoms with Gasteiger partial charge < -0.3 is 5.32 Å². The van der Waals surface area contributed by atoms with E-state index in [1.165, 1.54) is 29.8 Å². The van der Waals surface area contributed by atoms with Gasteiger partial charge in [0.2, 0.25) is 0 Å². The first-order valence-corrected chi connectivity index (χ1v) is 7.93. The van der Waals surface area contributed by atoms with Gasteiger partial charge in [0, 0.05) is 23.3 Å². The Balaban J connectivity index is 1.90. The Bertz CT molecular complexity index is 433. The number of aryl methyl sites for hydroxylation is 2. The molecular formula is C17H29N3. The average Bonchev–Trinajstić information content (AvgIpc) is 3.09. The number of nitrogens with zero attached hydrogens (tertiary/aromatic N) is 2. The highest BCUT2D eigenvalue weighted by molar-refractivity contribution is 5.24. The predicted molar refractivity (Wildman–Crippen MR) is 84.0 cm³/mol. The lowest BCUT2D eigenvalue weighted by Gasteiger charge is -2.20. The molecule has 1 heterocycles. The van der Waals surface area contributed by atoms with E-state index in [-0.39, 0.29) is 5.54 Å². The van der Waals surface area contributed by atoms with Crippen LogP contribution < -0.4 is 5.32 Å². The molecule has 0 radical (unpaired) electrons. The minimum atomic E-state index is 0.203. The maximum atomic E-state index is 4.71. The summed E-state index contributed by atoms with van der Waals surface area (Å²) in [6.45, 7) is 11.9. The molecule has 0 bridgehead atoms. The molecule has 1 N–H and O–H groups in total. The summed E-state index contributed by atoms with van der Waals surface area (Å²) in [5.74, 6) is 1.91. The molecule has 0 aliphatic heterocycles. The molecule has 1 aliphatic rings. The SMILES string of the molecule is Cc1nc(CC2CC2)nc(C)c1CCCNC(C)(C)C. The van der Waals surface area contributed by atoms with Crippen LogP contribution in [0, 0.1) is 19.8 Å². The standard InChI is InChI=1S/C17H29N3/c1-12-15(7-6-10-18-17(3,4)5)13(2)20-16(19-12)11-14-8-9-14/h14,18H,6-11H2,1-5H3. The zero-order valence-electron chi connectivity index (χ0n) is 13.7. The third kappa shape index (κ3) is 4.86. The van der Waals surface area contributed by atoms with E-state index < -0.39 is 0 Å². The monoisotopic (exact) mass is 275 g/mol. The second-order valence-corrected chi connectivity index (χ2v) is 7.22. The molecule has 1 fully saturated rings. The molecule has 1 saturated carbocycles. The van der Waals surface area contributed by atoms with Gasteiger partial charge in [-0.2, -0.15) is 0 Å². The highest BCUT2D eigenvalue weighted by Gasteiger charge is 2.23. The van der Waals surface area contributed by atoms with Crippen molar-refractivity contribution in [3.63, 3.8) is 0 Å². The van der Waals surface area contributed by atoms with Crippen LogP contribution in [0.2, 0.25) is 0 Å². The molecule has 1 aliphatic carbocycles. The van der Waals surface area contributed by atoms with Crippen LogP contribution in [0.4, 0.5) is 0 Å². The van der Waals surface area contributed by atoms with E-state index in [2.05, 4.69) is 39.9 Å². The molecule has 0 saturated heterocycles. The van der Waals surface area contributed by atoms with Crippen molar-refractivity contribution in [2.75, 3.05) is 6.54 Å². The van der Waals surface area contributed by atoms with E-state index >= 15 is 0 Å². The molecule has 0 spiro atoms. The zero-order valence-corrected chi connectivity index (χ0v) is 13.7. The molecule has 1 aromatic heterocycles. The fourth-order valence-corrected chi connectivity index (χ4v) is 2.57. The van der Waals surface area contributed by atoms with Crippen LogP contribution in [-0.2, 0) is 12.8 Å². The van der Waals surface area contributed by atoms with Gasteiger partial charge in [0.05, 0.1) is 0 Å². The van der Waals surface area contributed by atoms with Crippen molar-refractivity contribution in [3.05, 3.63) is 22.8 Å². The van der Waals surface area contributed by atoms with Gasteiger partial charge in [-0.3, -0.25) is 0 Å². The first kappa shape index (κ1) is 15.4. The minimum absolute atomic E-state index is 0.203. The van der Waals surface area contributed by atoms with Crippen molar-refractivity contribution in [3.8, 4) is 0 Å². The Morgan fingerprint density at radius 3 is 2.20 bits per heavy atom. The summed E-state index contributed by atoms with van der Waals surface area (Å²) in [5, 5.41) is 3.54. The van der Waals surface area contributed by atoms with Crippen LogP contribution in [0.3, 0.4) is 0 Å². The number of hydrogen-bond donors (Lipinski definition) is 1. The normalized spacial score (nSPS) is 15.7. The van der Waals surface area contributed by atoms with Gasteiger partial charge >= 0.3 is 0 Å². The summed E-state index contributed by atoms with van der Waals surface area (Å²) in [7, 11) is 0. The van der Waals surface area contributed by atoms with Gasteiger partial charge in [-0.05, 0) is 78.3 Å². The van der Waals surface area contributed by atoms with Crippen molar-refractivity contribution in [2.24, 2.45) is 5.92 Å². The molecule has 0 aromatic carbocycles. The van der Waals surface area contributed by atoms with Crippen molar-refractivity contribution in [2.45, 2.75) is 72.3 Å². The second-order valence-electron chi connectivity index (χ2n) is 7.22. The summed E-state index contributed by atoms with van der Waals surface area (Å²) in [6.07, 6.45) is 6.02. The van der Waals surface area contributed by atoms with Crippen LogP contribution in [0.5, 0.6) is 0 Å². The summed E-state index contributed by atoms with van der Waals surface area (Å²) in [5.41, 5.74) is 3.92. The van der Waals surface area contributed by atoms with Gasteiger partial charge in [0.15, 0.2) is 0 Å². The van der Waals surface area contributed by atoms with Crippen LogP contribution in [0.25, 0.3) is 0 Å². The Hall–Kier alpha value is -0.960. The smallest absolute Gasteiger partial charge is 0.129 e. The molecule has 20 heavy (non-hydrogen) atoms. The van der Waals surface area contributed by atoms with Crippen molar-refractivity contribution >= 4 is 0 Å². The zero-order chi connectivity index (χ0) is 14.8. The Kier molecular flexibility index (Phi) is 4.79. The van der Waals surface area contributed by atoms with Crippen LogP contribution in [0.1, 0.15) is 62.8 Å². The van der Waals surface area contributed by atoms with E-state index in [1.807, 2.05) is 0 Å². The third-order valence-electron chi connectivity index (χ3n) is 3.89. The number of aromatic nitrogens is 2. The first-order valence-electron chi connectivity index (χ1n) is 7.93. The van der Waals surface area contributed by atoms with Gasteiger partial charge in [-0.1, -0.05) is 0 Å². The van der Waals surface area contributed by atoms with Crippen molar-refractivity contribution in [1.82, 2.24) is 15.3 Å². The average molecular weight is 275 g/mol. The third-order valence-corrected chi connectivity index (χ3v) is 3.89. The Morgan fingerprint density at radius 1 is 1.10 bits per heavy atom. The van der Waals surface area contributed by atoms with Gasteiger partial charge in [0.25, 0.3) is 0 Å². The van der Waals surface area contributed by atoms with E-state index in [1.54, 1.807) is 0 Å². The van der Waals surface area contributed by atoms with E-state index in [9.17, 15) is 0 Å². The molecule has 3 heteroatoms. The highest BCUT2D eigenvalue weighted by atomic mass is 14.9. The van der Waals surface area contributed by atoms with Gasteiger partial charge in [0.1, 0.15) is 5.82 Å². The fraction of sp³-hybridized carbons (Fsp3) is 0.765. The quantitative estimate of drug-likeness (QED) is 0.809. The van der Waals surface area contributed by atoms with E-state index in [4.69, 9.17) is 9.97 Å². The molecule has 0 unspecified atom stereocenters. The maximum absolute atomic E-state index is 4.71. The van der Waals surface area contributed by atoms with E-state index in [0.717, 1.165) is 37.5 Å². The lowest BCUT2D eigenvalue weighted by atomic mass is 10.0. The number of nitrogens with one attached hydrogen (secondary N) is 1. The molecule has 112 valence electrons. The van der Waals surface area contributed by atoms with Crippen molar-refractivity contribution < 1.29 is 0 Å². The Morgan fingerprint density at radius 2 is 1.70 bits per heavy atom. The van der Waals surface area contributed by atoms with E-state index in [0.29, 0.717) is 0 Å². The molecule has 3 nitrogen and oxygen atoms in total. The predicted octanol–water partition coefficient (Wildman–Crippen LogP) is 3.37. The van der Waals surface area contributed by atoms with Crippen molar-refractivity contribution in [1.29, 1.82) is 0 Å². The molecular weight excluding hydrogens is 246 g/mol. The molecule has 0 amide bonds.